The average Bonchev–Trinajstić information content (AvgIpc) is 3.05. The molecule has 0 aromatic heterocycles. The summed E-state index contributed by atoms with van der Waals surface area (Å²) < 4.78 is 27.8. The van der Waals surface area contributed by atoms with Gasteiger partial charge in [0.1, 0.15) is 11.6 Å². The molecule has 2 heterocycles. The van der Waals surface area contributed by atoms with Crippen LogP contribution in [0.25, 0.3) is 0 Å². The SMILES string of the molecule is CC1(C)CN(C(=O)c2cccc(Cl)c2)CCN1C(=O)C1=NCCC(c2cc(F)ccc2F)C=N1. The molecule has 2 aliphatic heterocycles. The number of nitrogens with zero attached hydrogens (tertiary/aromatic N) is 4. The van der Waals surface area contributed by atoms with Crippen LogP contribution >= 0.6 is 11.6 Å². The van der Waals surface area contributed by atoms with E-state index in [-0.39, 0.29) is 29.8 Å². The zero-order valence-electron chi connectivity index (χ0n) is 19.0. The number of carbonyl (C=O) groups excluding carboxylic acids is 2. The summed E-state index contributed by atoms with van der Waals surface area (Å²) in [5.74, 6) is -2.00. The summed E-state index contributed by atoms with van der Waals surface area (Å²) in [4.78, 5) is 38.2. The van der Waals surface area contributed by atoms with Crippen molar-refractivity contribution >= 4 is 35.5 Å². The highest BCUT2D eigenvalue weighted by Crippen LogP contribution is 2.26. The molecule has 2 aliphatic rings. The average molecular weight is 487 g/mol. The van der Waals surface area contributed by atoms with Gasteiger partial charge in [-0.15, -0.1) is 0 Å². The molecular formula is C25H25ClF2N4O2. The van der Waals surface area contributed by atoms with Gasteiger partial charge in [-0.05, 0) is 62.2 Å². The van der Waals surface area contributed by atoms with Gasteiger partial charge in [0.2, 0.25) is 5.84 Å². The maximum absolute atomic E-state index is 14.2. The fourth-order valence-electron chi connectivity index (χ4n) is 4.37. The van der Waals surface area contributed by atoms with Crippen molar-refractivity contribution in [3.63, 3.8) is 0 Å². The quantitative estimate of drug-likeness (QED) is 0.648. The third-order valence-corrected chi connectivity index (χ3v) is 6.37. The third-order valence-electron chi connectivity index (χ3n) is 6.13. The second-order valence-electron chi connectivity index (χ2n) is 9.05. The summed E-state index contributed by atoms with van der Waals surface area (Å²) in [5.41, 5.74) is 0.0275. The largest absolute Gasteiger partial charge is 0.335 e. The summed E-state index contributed by atoms with van der Waals surface area (Å²) >= 11 is 6.02. The summed E-state index contributed by atoms with van der Waals surface area (Å²) in [7, 11) is 0. The fourth-order valence-corrected chi connectivity index (χ4v) is 4.56. The van der Waals surface area contributed by atoms with Gasteiger partial charge < -0.3 is 9.80 Å². The minimum absolute atomic E-state index is 0.0296. The van der Waals surface area contributed by atoms with Gasteiger partial charge in [-0.25, -0.2) is 13.8 Å². The Morgan fingerprint density at radius 2 is 1.88 bits per heavy atom. The lowest BCUT2D eigenvalue weighted by Gasteiger charge is -2.46. The highest BCUT2D eigenvalue weighted by Gasteiger charge is 2.40. The molecule has 6 nitrogen and oxygen atoms in total. The number of piperazine rings is 1. The van der Waals surface area contributed by atoms with E-state index in [4.69, 9.17) is 11.6 Å². The molecule has 0 aliphatic carbocycles. The number of amides is 2. The van der Waals surface area contributed by atoms with E-state index in [0.717, 1.165) is 18.2 Å². The molecule has 1 fully saturated rings. The van der Waals surface area contributed by atoms with Crippen molar-refractivity contribution in [2.75, 3.05) is 26.2 Å². The summed E-state index contributed by atoms with van der Waals surface area (Å²) in [6.07, 6.45) is 1.87. The number of carbonyl (C=O) groups is 2. The van der Waals surface area contributed by atoms with Gasteiger partial charge in [0, 0.05) is 48.9 Å². The first kappa shape index (κ1) is 24.0. The predicted molar refractivity (Wildman–Crippen MR) is 128 cm³/mol. The van der Waals surface area contributed by atoms with Gasteiger partial charge in [-0.3, -0.25) is 14.6 Å². The normalized spacial score (nSPS) is 20.0. The van der Waals surface area contributed by atoms with E-state index in [9.17, 15) is 18.4 Å². The third kappa shape index (κ3) is 5.01. The lowest BCUT2D eigenvalue weighted by atomic mass is 9.96. The van der Waals surface area contributed by atoms with E-state index in [0.29, 0.717) is 36.6 Å². The molecule has 9 heteroatoms. The number of hydrogen-bond acceptors (Lipinski definition) is 4. The van der Waals surface area contributed by atoms with Gasteiger partial charge in [0.25, 0.3) is 11.8 Å². The molecule has 2 aromatic carbocycles. The van der Waals surface area contributed by atoms with Gasteiger partial charge >= 0.3 is 0 Å². The summed E-state index contributed by atoms with van der Waals surface area (Å²) in [6, 6.07) is 10.1. The molecule has 0 bridgehead atoms. The van der Waals surface area contributed by atoms with Crippen LogP contribution in [0.4, 0.5) is 8.78 Å². The zero-order chi connectivity index (χ0) is 24.5. The molecule has 0 spiro atoms. The number of benzene rings is 2. The van der Waals surface area contributed by atoms with Crippen LogP contribution in [0.5, 0.6) is 0 Å². The van der Waals surface area contributed by atoms with Crippen LogP contribution in [0.1, 0.15) is 42.1 Å². The van der Waals surface area contributed by atoms with E-state index < -0.39 is 23.1 Å². The maximum atomic E-state index is 14.2. The monoisotopic (exact) mass is 486 g/mol. The van der Waals surface area contributed by atoms with Crippen LogP contribution in [0.3, 0.4) is 0 Å². The van der Waals surface area contributed by atoms with Gasteiger partial charge in [0.05, 0.1) is 5.54 Å². The van der Waals surface area contributed by atoms with E-state index in [1.54, 1.807) is 34.1 Å². The Kier molecular flexibility index (Phi) is 6.79. The highest BCUT2D eigenvalue weighted by atomic mass is 35.5. The standard InChI is InChI=1S/C25H25ClF2N4O2/c1-25(2)15-31(23(33)16-4-3-5-18(26)12-16)10-11-32(25)24(34)22-29-9-8-17(14-30-22)20-13-19(27)6-7-21(20)28/h3-7,12-14,17H,8-11,15H2,1-2H3. The first-order valence-corrected chi connectivity index (χ1v) is 11.4. The Morgan fingerprint density at radius 1 is 1.09 bits per heavy atom. The van der Waals surface area contributed by atoms with Crippen LogP contribution in [0.15, 0.2) is 52.4 Å². The second-order valence-corrected chi connectivity index (χ2v) is 9.49. The topological polar surface area (TPSA) is 65.3 Å². The Bertz CT molecular complexity index is 1180. The van der Waals surface area contributed by atoms with Gasteiger partial charge in [-0.2, -0.15) is 0 Å². The molecule has 4 rings (SSSR count). The van der Waals surface area contributed by atoms with Crippen LogP contribution in [0, 0.1) is 11.6 Å². The molecule has 2 aromatic rings. The fraction of sp³-hybridized carbons (Fsp3) is 0.360. The molecule has 2 amide bonds. The van der Waals surface area contributed by atoms with Crippen molar-refractivity contribution in [3.8, 4) is 0 Å². The van der Waals surface area contributed by atoms with Crippen molar-refractivity contribution in [2.45, 2.75) is 31.7 Å². The van der Waals surface area contributed by atoms with Crippen LogP contribution in [0.2, 0.25) is 5.02 Å². The second kappa shape index (κ2) is 9.62. The van der Waals surface area contributed by atoms with E-state index in [1.165, 1.54) is 6.21 Å². The molecule has 0 saturated carbocycles. The van der Waals surface area contributed by atoms with Crippen LogP contribution in [-0.2, 0) is 4.79 Å². The molecule has 1 atom stereocenters. The molecule has 0 N–H and O–H groups in total. The minimum Gasteiger partial charge on any atom is -0.335 e. The maximum Gasteiger partial charge on any atom is 0.291 e. The lowest BCUT2D eigenvalue weighted by molar-refractivity contribution is -0.132. The van der Waals surface area contributed by atoms with Crippen LogP contribution in [-0.4, -0.2) is 65.4 Å². The predicted octanol–water partition coefficient (Wildman–Crippen LogP) is 4.34. The minimum atomic E-state index is -0.665. The first-order valence-electron chi connectivity index (χ1n) is 11.1. The van der Waals surface area contributed by atoms with Crippen LogP contribution < -0.4 is 0 Å². The zero-order valence-corrected chi connectivity index (χ0v) is 19.7. The number of hydrogen-bond donors (Lipinski definition) is 0. The van der Waals surface area contributed by atoms with Gasteiger partial charge in [0.15, 0.2) is 0 Å². The van der Waals surface area contributed by atoms with E-state index >= 15 is 0 Å². The molecule has 0 radical (unpaired) electrons. The Balaban J connectivity index is 1.47. The molecular weight excluding hydrogens is 462 g/mol. The number of rotatable bonds is 3. The molecule has 178 valence electrons. The Labute approximate surface area is 201 Å². The van der Waals surface area contributed by atoms with E-state index in [2.05, 4.69) is 9.98 Å². The number of amidine groups is 1. The molecule has 1 saturated heterocycles. The number of halogens is 3. The number of aliphatic imine (C=N–C) groups is 2. The highest BCUT2D eigenvalue weighted by molar-refractivity contribution is 6.39. The van der Waals surface area contributed by atoms with Crippen molar-refractivity contribution < 1.29 is 18.4 Å². The summed E-state index contributed by atoms with van der Waals surface area (Å²) in [6.45, 7) is 5.03. The van der Waals surface area contributed by atoms with Crippen molar-refractivity contribution in [1.82, 2.24) is 9.80 Å². The van der Waals surface area contributed by atoms with E-state index in [1.807, 2.05) is 13.8 Å². The Morgan fingerprint density at radius 3 is 2.62 bits per heavy atom. The molecule has 1 unspecified atom stereocenters. The van der Waals surface area contributed by atoms with Crippen molar-refractivity contribution in [2.24, 2.45) is 9.98 Å². The smallest absolute Gasteiger partial charge is 0.291 e. The Hall–Kier alpha value is -3.13. The summed E-state index contributed by atoms with van der Waals surface area (Å²) in [5, 5.41) is 0.486. The first-order chi connectivity index (χ1) is 16.2. The lowest BCUT2D eigenvalue weighted by Crippen LogP contribution is -2.63. The van der Waals surface area contributed by atoms with Gasteiger partial charge in [-0.1, -0.05) is 17.7 Å². The molecule has 34 heavy (non-hydrogen) atoms. The van der Waals surface area contributed by atoms with Crippen molar-refractivity contribution in [1.29, 1.82) is 0 Å². The van der Waals surface area contributed by atoms with Crippen molar-refractivity contribution in [3.05, 3.63) is 70.2 Å².